The summed E-state index contributed by atoms with van der Waals surface area (Å²) in [5.41, 5.74) is 8.03. The van der Waals surface area contributed by atoms with Crippen LogP contribution in [0.15, 0.2) is 28.4 Å². The maximum Gasteiger partial charge on any atom is 0.405 e. The fourth-order valence-corrected chi connectivity index (χ4v) is 4.42. The molecule has 1 saturated heterocycles. The van der Waals surface area contributed by atoms with Crippen LogP contribution in [0.1, 0.15) is 12.8 Å². The zero-order chi connectivity index (χ0) is 22.0. The first kappa shape index (κ1) is 21.1. The van der Waals surface area contributed by atoms with Gasteiger partial charge >= 0.3 is 11.8 Å². The number of nitrogens with zero attached hydrogens (tertiary/aromatic N) is 3. The van der Waals surface area contributed by atoms with Crippen molar-refractivity contribution in [2.24, 2.45) is 18.7 Å². The van der Waals surface area contributed by atoms with E-state index in [2.05, 4.69) is 15.0 Å². The predicted octanol–water partition coefficient (Wildman–Crippen LogP) is 1.92. The van der Waals surface area contributed by atoms with E-state index in [9.17, 15) is 14.4 Å². The van der Waals surface area contributed by atoms with Gasteiger partial charge in [0.05, 0.1) is 16.7 Å². The van der Waals surface area contributed by atoms with Gasteiger partial charge in [-0.05, 0) is 30.9 Å². The average Bonchev–Trinajstić information content (AvgIpc) is 3.32. The lowest BCUT2D eigenvalue weighted by Gasteiger charge is -2.22. The molecule has 0 unspecified atom stereocenters. The van der Waals surface area contributed by atoms with Gasteiger partial charge in [-0.3, -0.25) is 19.2 Å². The molecule has 164 valence electrons. The number of anilines is 1. The summed E-state index contributed by atoms with van der Waals surface area (Å²) in [6.45, 7) is 1.64. The van der Waals surface area contributed by atoms with E-state index in [0.717, 1.165) is 42.7 Å². The Hall–Kier alpha value is -3.18. The highest BCUT2D eigenvalue weighted by Gasteiger charge is 2.19. The summed E-state index contributed by atoms with van der Waals surface area (Å²) in [6, 6.07) is 5.76. The lowest BCUT2D eigenvalue weighted by Crippen LogP contribution is -2.28. The summed E-state index contributed by atoms with van der Waals surface area (Å²) < 4.78 is 13.4. The molecule has 0 spiro atoms. The fourth-order valence-electron chi connectivity index (χ4n) is 3.69. The molecule has 10 nitrogen and oxygen atoms in total. The zero-order valence-electron chi connectivity index (χ0n) is 17.0. The number of ether oxygens (including phenoxy) is 2. The van der Waals surface area contributed by atoms with E-state index in [1.165, 1.54) is 11.3 Å². The molecular weight excluding hydrogens is 422 g/mol. The number of carbonyl (C=O) groups is 2. The second-order valence-corrected chi connectivity index (χ2v) is 8.26. The monoisotopic (exact) mass is 445 g/mol. The van der Waals surface area contributed by atoms with Gasteiger partial charge in [0.15, 0.2) is 11.7 Å². The first-order chi connectivity index (χ1) is 14.9. The van der Waals surface area contributed by atoms with Crippen LogP contribution in [0.25, 0.3) is 22.3 Å². The minimum atomic E-state index is -1.02. The van der Waals surface area contributed by atoms with Crippen LogP contribution in [0.2, 0.25) is 0 Å². The van der Waals surface area contributed by atoms with E-state index >= 15 is 0 Å². The van der Waals surface area contributed by atoms with Crippen LogP contribution in [0.5, 0.6) is 0 Å². The number of aryl methyl sites for hydroxylation is 1. The molecule has 31 heavy (non-hydrogen) atoms. The molecule has 1 aromatic carbocycles. The number of thiazole rings is 1. The Labute approximate surface area is 181 Å². The first-order valence-electron chi connectivity index (χ1n) is 9.87. The van der Waals surface area contributed by atoms with E-state index in [4.69, 9.17) is 10.5 Å². The number of amides is 2. The van der Waals surface area contributed by atoms with Crippen molar-refractivity contribution in [3.63, 3.8) is 0 Å². The first-order valence-corrected chi connectivity index (χ1v) is 10.8. The number of nitrogens with one attached hydrogen (secondary N) is 1. The van der Waals surface area contributed by atoms with Gasteiger partial charge < -0.3 is 15.2 Å². The maximum absolute atomic E-state index is 12.8. The van der Waals surface area contributed by atoms with E-state index in [1.807, 2.05) is 28.1 Å². The van der Waals surface area contributed by atoms with Crippen LogP contribution in [-0.4, -0.2) is 45.9 Å². The summed E-state index contributed by atoms with van der Waals surface area (Å²) in [7, 11) is 1.77. The Morgan fingerprint density at radius 1 is 1.32 bits per heavy atom. The van der Waals surface area contributed by atoms with Gasteiger partial charge in [-0.25, -0.2) is 14.6 Å². The Bertz CT molecular complexity index is 1170. The SMILES string of the molecule is Cn1c(=O)n(CC2CCOCC2)c2cc(-c3csc(NC(=O)COC(N)=O)n3)ccc21. The van der Waals surface area contributed by atoms with Gasteiger partial charge in [-0.2, -0.15) is 0 Å². The Morgan fingerprint density at radius 3 is 2.84 bits per heavy atom. The number of hydrogen-bond acceptors (Lipinski definition) is 7. The van der Waals surface area contributed by atoms with Crippen LogP contribution in [0, 0.1) is 5.92 Å². The van der Waals surface area contributed by atoms with E-state index < -0.39 is 18.6 Å². The number of imidazole rings is 1. The molecule has 0 aliphatic carbocycles. The fraction of sp³-hybridized carbons (Fsp3) is 0.400. The third-order valence-electron chi connectivity index (χ3n) is 5.32. The van der Waals surface area contributed by atoms with Crippen LogP contribution in [-0.2, 0) is 27.9 Å². The van der Waals surface area contributed by atoms with Gasteiger partial charge in [-0.15, -0.1) is 11.3 Å². The van der Waals surface area contributed by atoms with Crippen molar-refractivity contribution in [3.05, 3.63) is 34.1 Å². The standard InChI is InChI=1S/C20H23N5O5S/c1-24-15-3-2-13(14-11-31-19(22-14)23-17(26)10-30-18(21)27)8-16(15)25(20(24)28)9-12-4-6-29-7-5-12/h2-3,8,11-12H,4-7,9-10H2,1H3,(H2,21,27)(H,22,23,26). The summed E-state index contributed by atoms with van der Waals surface area (Å²) in [6.07, 6.45) is 0.867. The molecule has 1 aliphatic heterocycles. The number of hydrogen-bond donors (Lipinski definition) is 2. The van der Waals surface area contributed by atoms with Crippen LogP contribution >= 0.6 is 11.3 Å². The molecule has 0 saturated carbocycles. The van der Waals surface area contributed by atoms with E-state index in [-0.39, 0.29) is 5.69 Å². The molecule has 11 heteroatoms. The lowest BCUT2D eigenvalue weighted by atomic mass is 10.0. The van der Waals surface area contributed by atoms with Crippen LogP contribution in [0.4, 0.5) is 9.93 Å². The second-order valence-electron chi connectivity index (χ2n) is 7.41. The van der Waals surface area contributed by atoms with Crippen molar-refractivity contribution in [2.75, 3.05) is 25.1 Å². The van der Waals surface area contributed by atoms with Gasteiger partial charge in [-0.1, -0.05) is 6.07 Å². The zero-order valence-corrected chi connectivity index (χ0v) is 17.8. The minimum Gasteiger partial charge on any atom is -0.440 e. The highest BCUT2D eigenvalue weighted by Crippen LogP contribution is 2.28. The molecule has 1 aliphatic rings. The van der Waals surface area contributed by atoms with Crippen LogP contribution in [0.3, 0.4) is 0 Å². The number of carbonyl (C=O) groups excluding carboxylic acids is 2. The average molecular weight is 446 g/mol. The van der Waals surface area contributed by atoms with Crippen molar-refractivity contribution in [2.45, 2.75) is 19.4 Å². The Morgan fingerprint density at radius 2 is 2.10 bits per heavy atom. The third kappa shape index (κ3) is 4.62. The number of fused-ring (bicyclic) bond motifs is 1. The number of rotatable bonds is 6. The highest BCUT2D eigenvalue weighted by molar-refractivity contribution is 7.14. The molecule has 3 heterocycles. The molecule has 0 radical (unpaired) electrons. The second kappa shape index (κ2) is 8.90. The Balaban J connectivity index is 1.58. The molecule has 2 amide bonds. The van der Waals surface area contributed by atoms with Crippen molar-refractivity contribution in [1.82, 2.24) is 14.1 Å². The van der Waals surface area contributed by atoms with Gasteiger partial charge in [0, 0.05) is 37.7 Å². The predicted molar refractivity (Wildman–Crippen MR) is 116 cm³/mol. The summed E-state index contributed by atoms with van der Waals surface area (Å²) in [5.74, 6) is -0.118. The molecule has 3 aromatic rings. The van der Waals surface area contributed by atoms with Crippen molar-refractivity contribution in [1.29, 1.82) is 0 Å². The maximum atomic E-state index is 12.8. The Kier molecular flexibility index (Phi) is 6.05. The largest absolute Gasteiger partial charge is 0.440 e. The van der Waals surface area contributed by atoms with E-state index in [1.54, 1.807) is 11.6 Å². The number of benzene rings is 1. The van der Waals surface area contributed by atoms with Gasteiger partial charge in [0.1, 0.15) is 0 Å². The van der Waals surface area contributed by atoms with Crippen molar-refractivity contribution >= 4 is 39.5 Å². The lowest BCUT2D eigenvalue weighted by molar-refractivity contribution is -0.118. The number of primary amides is 1. The molecule has 2 aromatic heterocycles. The minimum absolute atomic E-state index is 0.0423. The topological polar surface area (TPSA) is 130 Å². The quantitative estimate of drug-likeness (QED) is 0.596. The number of aromatic nitrogens is 3. The molecule has 1 fully saturated rings. The van der Waals surface area contributed by atoms with Gasteiger partial charge in [0.2, 0.25) is 0 Å². The summed E-state index contributed by atoms with van der Waals surface area (Å²) >= 11 is 1.25. The van der Waals surface area contributed by atoms with Crippen LogP contribution < -0.4 is 16.7 Å². The molecule has 0 bridgehead atoms. The summed E-state index contributed by atoms with van der Waals surface area (Å²) in [5, 5.41) is 4.76. The summed E-state index contributed by atoms with van der Waals surface area (Å²) in [4.78, 5) is 39.7. The van der Waals surface area contributed by atoms with Crippen molar-refractivity contribution < 1.29 is 19.1 Å². The molecular formula is C20H23N5O5S. The normalized spacial score (nSPS) is 14.6. The molecule has 3 N–H and O–H groups in total. The molecule has 0 atom stereocenters. The third-order valence-corrected chi connectivity index (χ3v) is 6.08. The smallest absolute Gasteiger partial charge is 0.405 e. The molecule has 4 rings (SSSR count). The number of nitrogens with two attached hydrogens (primary N) is 1. The van der Waals surface area contributed by atoms with E-state index in [0.29, 0.717) is 23.3 Å². The van der Waals surface area contributed by atoms with Gasteiger partial charge in [0.25, 0.3) is 5.91 Å². The highest BCUT2D eigenvalue weighted by atomic mass is 32.1. The van der Waals surface area contributed by atoms with Crippen molar-refractivity contribution in [3.8, 4) is 11.3 Å².